The fourth-order valence-corrected chi connectivity index (χ4v) is 11.4. The van der Waals surface area contributed by atoms with Crippen LogP contribution in [0, 0.1) is 22.2 Å². The number of piperazine rings is 1. The quantitative estimate of drug-likeness (QED) is 0.314. The first kappa shape index (κ1) is 39.0. The molecule has 4 fully saturated rings. The molecule has 5 heterocycles. The van der Waals surface area contributed by atoms with E-state index in [1.807, 2.05) is 17.0 Å². The lowest BCUT2D eigenvalue weighted by molar-refractivity contribution is -0.199. The fraction of sp³-hybridized carbons (Fsp3) is 0.467. The van der Waals surface area contributed by atoms with E-state index in [1.165, 1.54) is 0 Å². The van der Waals surface area contributed by atoms with E-state index in [0.717, 1.165) is 79.5 Å². The second kappa shape index (κ2) is 14.4. The summed E-state index contributed by atoms with van der Waals surface area (Å²) in [4.78, 5) is 75.2. The Morgan fingerprint density at radius 3 is 2.17 bits per heavy atom. The highest BCUT2D eigenvalue weighted by Gasteiger charge is 2.67. The van der Waals surface area contributed by atoms with Crippen LogP contribution in [0.25, 0.3) is 0 Å². The van der Waals surface area contributed by atoms with Gasteiger partial charge in [-0.2, -0.15) is 5.26 Å². The summed E-state index contributed by atoms with van der Waals surface area (Å²) in [7, 11) is 0. The number of imide groups is 2. The number of nitrogens with zero attached hydrogens (tertiary/aromatic N) is 6. The minimum Gasteiger partial charge on any atom is -0.489 e. The van der Waals surface area contributed by atoms with E-state index in [-0.39, 0.29) is 47.3 Å². The van der Waals surface area contributed by atoms with Gasteiger partial charge in [0.2, 0.25) is 11.8 Å². The maximum absolute atomic E-state index is 14.0. The Balaban J connectivity index is 0.820. The summed E-state index contributed by atoms with van der Waals surface area (Å²) in [5.74, 6) is -1.33. The van der Waals surface area contributed by atoms with Gasteiger partial charge in [-0.3, -0.25) is 39.1 Å². The molecule has 2 unspecified atom stereocenters. The molecule has 3 aromatic carbocycles. The molecule has 0 radical (unpaired) electrons. The number of rotatable bonds is 7. The third kappa shape index (κ3) is 6.43. The van der Waals surface area contributed by atoms with Gasteiger partial charge >= 0.3 is 0 Å². The number of carbonyl (C=O) groups excluding carboxylic acids is 5. The molecular formula is C45H48ClN7O6. The maximum Gasteiger partial charge on any atom is 0.262 e. The second-order valence-electron chi connectivity index (χ2n) is 18.0. The van der Waals surface area contributed by atoms with Crippen LogP contribution in [0.2, 0.25) is 5.02 Å². The van der Waals surface area contributed by atoms with Crippen LogP contribution >= 0.6 is 11.6 Å². The Labute approximate surface area is 348 Å². The standard InChI is InChI=1S/C45H48ClN7O6/c1-44(2)42(45(3,4)43(44)59-31-10-7-26(23-47)35(46)22-31)52-24-27-20-28(8-11-32(27)39(52)56)49-16-18-50(19-17-49)30-6-5-15-51(25-30)29-9-12-33-34(21-29)41(58)53(40(33)57)36-13-14-37(54)48-38(36)55/h7-12,20-22,30,36,42-43H,5-6,13-19,24-25H2,1-4H3,(H,48,54,55). The molecule has 1 N–H and O–H groups in total. The molecule has 9 rings (SSSR count). The van der Waals surface area contributed by atoms with Crippen LogP contribution < -0.4 is 19.9 Å². The van der Waals surface area contributed by atoms with E-state index in [4.69, 9.17) is 16.3 Å². The lowest BCUT2D eigenvalue weighted by atomic mass is 9.49. The highest BCUT2D eigenvalue weighted by molar-refractivity contribution is 6.31. The van der Waals surface area contributed by atoms with Gasteiger partial charge in [0, 0.05) is 98.2 Å². The monoisotopic (exact) mass is 817 g/mol. The van der Waals surface area contributed by atoms with Crippen molar-refractivity contribution in [3.05, 3.63) is 87.4 Å². The zero-order valence-corrected chi connectivity index (χ0v) is 34.6. The van der Waals surface area contributed by atoms with Crippen molar-refractivity contribution in [2.45, 2.75) is 84.2 Å². The third-order valence-corrected chi connectivity index (χ3v) is 14.0. The van der Waals surface area contributed by atoms with E-state index in [1.54, 1.807) is 30.3 Å². The van der Waals surface area contributed by atoms with Gasteiger partial charge in [-0.1, -0.05) is 39.3 Å². The van der Waals surface area contributed by atoms with Crippen LogP contribution in [-0.4, -0.2) is 108 Å². The predicted molar refractivity (Wildman–Crippen MR) is 220 cm³/mol. The van der Waals surface area contributed by atoms with Crippen LogP contribution in [0.3, 0.4) is 0 Å². The van der Waals surface area contributed by atoms with Crippen molar-refractivity contribution in [3.8, 4) is 11.8 Å². The predicted octanol–water partition coefficient (Wildman–Crippen LogP) is 5.24. The Morgan fingerprint density at radius 2 is 1.47 bits per heavy atom. The summed E-state index contributed by atoms with van der Waals surface area (Å²) in [5.41, 5.74) is 4.11. The minimum absolute atomic E-state index is 0.0511. The summed E-state index contributed by atoms with van der Waals surface area (Å²) < 4.78 is 6.50. The second-order valence-corrected chi connectivity index (χ2v) is 18.4. The largest absolute Gasteiger partial charge is 0.489 e. The summed E-state index contributed by atoms with van der Waals surface area (Å²) >= 11 is 6.31. The molecule has 306 valence electrons. The van der Waals surface area contributed by atoms with Crippen molar-refractivity contribution in [2.75, 3.05) is 49.1 Å². The van der Waals surface area contributed by atoms with Gasteiger partial charge in [0.1, 0.15) is 24.0 Å². The normalized spacial score (nSPS) is 26.3. The van der Waals surface area contributed by atoms with E-state index < -0.39 is 29.7 Å². The van der Waals surface area contributed by atoms with Crippen LogP contribution in [-0.2, 0) is 16.1 Å². The van der Waals surface area contributed by atoms with Gasteiger partial charge in [0.25, 0.3) is 17.7 Å². The first-order valence-electron chi connectivity index (χ1n) is 20.6. The first-order chi connectivity index (χ1) is 28.2. The maximum atomic E-state index is 14.0. The van der Waals surface area contributed by atoms with Crippen molar-refractivity contribution in [1.29, 1.82) is 5.26 Å². The number of piperidine rings is 2. The lowest BCUT2D eigenvalue weighted by Crippen LogP contribution is -2.74. The van der Waals surface area contributed by atoms with Gasteiger partial charge in [-0.05, 0) is 73.4 Å². The molecule has 0 aromatic heterocycles. The average molecular weight is 818 g/mol. The van der Waals surface area contributed by atoms with Crippen molar-refractivity contribution in [2.24, 2.45) is 10.8 Å². The highest BCUT2D eigenvalue weighted by atomic mass is 35.5. The van der Waals surface area contributed by atoms with Crippen LogP contribution in [0.15, 0.2) is 54.6 Å². The van der Waals surface area contributed by atoms with Crippen molar-refractivity contribution in [3.63, 3.8) is 0 Å². The van der Waals surface area contributed by atoms with E-state index in [0.29, 0.717) is 34.5 Å². The molecule has 1 saturated carbocycles. The smallest absolute Gasteiger partial charge is 0.262 e. The molecule has 1 aliphatic carbocycles. The number of nitriles is 1. The van der Waals surface area contributed by atoms with E-state index in [2.05, 4.69) is 65.9 Å². The zero-order valence-electron chi connectivity index (χ0n) is 33.8. The first-order valence-corrected chi connectivity index (χ1v) is 20.9. The topological polar surface area (TPSA) is 147 Å². The molecule has 0 spiro atoms. The van der Waals surface area contributed by atoms with Crippen LogP contribution in [0.4, 0.5) is 11.4 Å². The van der Waals surface area contributed by atoms with Gasteiger partial charge in [0.05, 0.1) is 21.7 Å². The van der Waals surface area contributed by atoms with Gasteiger partial charge in [-0.15, -0.1) is 0 Å². The minimum atomic E-state index is -0.986. The van der Waals surface area contributed by atoms with E-state index in [9.17, 15) is 29.2 Å². The molecular weight excluding hydrogens is 770 g/mol. The molecule has 3 saturated heterocycles. The molecule has 0 bridgehead atoms. The molecule has 5 aliphatic heterocycles. The van der Waals surface area contributed by atoms with E-state index >= 15 is 0 Å². The fourth-order valence-electron chi connectivity index (χ4n) is 11.2. The number of carbonyl (C=O) groups is 5. The summed E-state index contributed by atoms with van der Waals surface area (Å²) in [6.45, 7) is 14.3. The molecule has 6 aliphatic rings. The number of fused-ring (bicyclic) bond motifs is 2. The Morgan fingerprint density at radius 1 is 0.780 bits per heavy atom. The zero-order chi connectivity index (χ0) is 41.5. The van der Waals surface area contributed by atoms with Gasteiger partial charge in [0.15, 0.2) is 0 Å². The van der Waals surface area contributed by atoms with Crippen LogP contribution in [0.1, 0.15) is 95.6 Å². The van der Waals surface area contributed by atoms with Gasteiger partial charge < -0.3 is 19.4 Å². The molecule has 5 amide bonds. The molecule has 13 nitrogen and oxygen atoms in total. The number of hydrogen-bond acceptors (Lipinski definition) is 10. The molecule has 3 aromatic rings. The summed E-state index contributed by atoms with van der Waals surface area (Å²) in [6.07, 6.45) is 2.10. The molecule has 2 atom stereocenters. The molecule has 59 heavy (non-hydrogen) atoms. The number of halogens is 1. The van der Waals surface area contributed by atoms with Crippen molar-refractivity contribution in [1.82, 2.24) is 20.0 Å². The lowest BCUT2D eigenvalue weighted by Gasteiger charge is -2.65. The Kier molecular flexibility index (Phi) is 9.51. The van der Waals surface area contributed by atoms with Crippen molar-refractivity contribution >= 4 is 52.5 Å². The average Bonchev–Trinajstić information content (AvgIpc) is 3.66. The molecule has 14 heteroatoms. The number of amides is 5. The summed E-state index contributed by atoms with van der Waals surface area (Å²) in [6, 6.07) is 18.2. The van der Waals surface area contributed by atoms with Crippen molar-refractivity contribution < 1.29 is 28.7 Å². The SMILES string of the molecule is CC1(C)C(Oc2ccc(C#N)c(Cl)c2)C(C)(C)C1N1Cc2cc(N3CCN(C4CCCN(c5ccc6c(c5)C(=O)N(C5CCC(=O)NC5=O)C6=O)C4)CC3)ccc2C1=O. The van der Waals surface area contributed by atoms with Crippen LogP contribution in [0.5, 0.6) is 5.75 Å². The summed E-state index contributed by atoms with van der Waals surface area (Å²) in [5, 5.41) is 11.9. The Bertz CT molecular complexity index is 2330. The Hall–Kier alpha value is -5.45. The number of anilines is 2. The number of ether oxygens (including phenoxy) is 1. The highest BCUT2D eigenvalue weighted by Crippen LogP contribution is 2.59. The number of benzene rings is 3. The number of hydrogen-bond donors (Lipinski definition) is 1. The third-order valence-electron chi connectivity index (χ3n) is 13.7. The number of nitrogens with one attached hydrogen (secondary N) is 1. The van der Waals surface area contributed by atoms with Gasteiger partial charge in [-0.25, -0.2) is 0 Å².